The first-order chi connectivity index (χ1) is 30.9. The molecule has 7 atom stereocenters. The van der Waals surface area contributed by atoms with Crippen LogP contribution in [-0.2, 0) is 46.6 Å². The average Bonchev–Trinajstić information content (AvgIpc) is 3.87. The molecule has 3 aliphatic heterocycles. The second-order valence-corrected chi connectivity index (χ2v) is 18.9. The Labute approximate surface area is 384 Å². The molecular formula is C41H45BrN4O16P2S. The quantitative estimate of drug-likeness (QED) is 0.0419. The molecule has 0 spiro atoms. The third kappa shape index (κ3) is 19.4. The zero-order valence-electron chi connectivity index (χ0n) is 34.6. The van der Waals surface area contributed by atoms with E-state index in [0.717, 1.165) is 4.57 Å². The highest BCUT2D eigenvalue weighted by Gasteiger charge is 2.39. The first-order valence-corrected chi connectivity index (χ1v) is 24.7. The fourth-order valence-electron chi connectivity index (χ4n) is 6.17. The first-order valence-electron chi connectivity index (χ1n) is 19.8. The van der Waals surface area contributed by atoms with Crippen molar-refractivity contribution in [1.82, 2.24) is 19.8 Å². The lowest BCUT2D eigenvalue weighted by Crippen LogP contribution is -2.40. The van der Waals surface area contributed by atoms with Crippen molar-refractivity contribution in [2.75, 3.05) is 25.5 Å². The largest absolute Gasteiger partial charge is 0.527 e. The normalized spacial score (nSPS) is 21.9. The van der Waals surface area contributed by atoms with Gasteiger partial charge in [-0.15, -0.1) is 0 Å². The third-order valence-corrected chi connectivity index (χ3v) is 12.4. The number of nitrogens with zero attached hydrogens (tertiary/aromatic N) is 2. The Hall–Kier alpha value is -4.66. The average molecular weight is 1020 g/mol. The molecule has 1 aromatic rings. The Morgan fingerprint density at radius 2 is 1.68 bits per heavy atom. The summed E-state index contributed by atoms with van der Waals surface area (Å²) in [6, 6.07) is 0. The van der Waals surface area contributed by atoms with Crippen LogP contribution in [0.4, 0.5) is 0 Å². The fourth-order valence-corrected chi connectivity index (χ4v) is 8.67. The van der Waals surface area contributed by atoms with Gasteiger partial charge in [-0.05, 0) is 99.8 Å². The van der Waals surface area contributed by atoms with Crippen LogP contribution in [0.2, 0.25) is 0 Å². The highest BCUT2D eigenvalue weighted by atomic mass is 79.9. The maximum absolute atomic E-state index is 13.0. The van der Waals surface area contributed by atoms with E-state index in [-0.39, 0.29) is 59.6 Å². The maximum Gasteiger partial charge on any atom is 0.527 e. The number of aliphatic hydroxyl groups excluding tert-OH is 1. The maximum atomic E-state index is 13.0. The molecule has 2 fully saturated rings. The van der Waals surface area contributed by atoms with E-state index in [0.29, 0.717) is 44.4 Å². The first kappa shape index (κ1) is 53.0. The van der Waals surface area contributed by atoms with Gasteiger partial charge in [-0.2, -0.15) is 11.8 Å². The number of aliphatic hydroxyl groups is 1. The number of amides is 2. The van der Waals surface area contributed by atoms with Crippen LogP contribution in [0.25, 0.3) is 0 Å². The van der Waals surface area contributed by atoms with Crippen molar-refractivity contribution < 1.29 is 66.3 Å². The molecule has 24 heteroatoms. The molecule has 4 rings (SSSR count). The van der Waals surface area contributed by atoms with Crippen LogP contribution in [-0.4, -0.2) is 107 Å². The number of H-pyrrole nitrogens is 1. The lowest BCUT2D eigenvalue weighted by atomic mass is 10.1. The number of phosphoric acid groups is 2. The zero-order chi connectivity index (χ0) is 47.4. The number of aromatic amines is 1. The van der Waals surface area contributed by atoms with Gasteiger partial charge in [0.2, 0.25) is 11.8 Å². The molecule has 20 nitrogen and oxygen atoms in total. The second kappa shape index (κ2) is 26.5. The molecule has 2 saturated heterocycles. The molecule has 348 valence electrons. The molecule has 0 saturated carbocycles. The summed E-state index contributed by atoms with van der Waals surface area (Å²) >= 11 is 4.48. The van der Waals surface area contributed by atoms with Crippen LogP contribution in [0.15, 0.2) is 102 Å². The molecule has 7 unspecified atom stereocenters. The van der Waals surface area contributed by atoms with Gasteiger partial charge >= 0.3 is 21.3 Å². The monoisotopic (exact) mass is 1020 g/mol. The Morgan fingerprint density at radius 3 is 2.38 bits per heavy atom. The van der Waals surface area contributed by atoms with Gasteiger partial charge in [0, 0.05) is 55.6 Å². The summed E-state index contributed by atoms with van der Waals surface area (Å²) in [5.74, 6) is -0.680. The van der Waals surface area contributed by atoms with E-state index >= 15 is 0 Å². The summed E-state index contributed by atoms with van der Waals surface area (Å²) in [5, 5.41) is 13.2. The van der Waals surface area contributed by atoms with Gasteiger partial charge < -0.3 is 34.2 Å². The van der Waals surface area contributed by atoms with Gasteiger partial charge in [-0.1, -0.05) is 18.2 Å². The summed E-state index contributed by atoms with van der Waals surface area (Å²) in [7, 11) is -9.59. The highest BCUT2D eigenvalue weighted by molar-refractivity contribution is 9.10. The van der Waals surface area contributed by atoms with E-state index in [1.807, 2.05) is 6.08 Å². The van der Waals surface area contributed by atoms with Crippen LogP contribution in [0.5, 0.6) is 0 Å². The molecule has 2 amide bonds. The number of halogens is 1. The molecule has 3 aliphatic rings. The summed E-state index contributed by atoms with van der Waals surface area (Å²) in [5.41, 5.74) is 22.6. The summed E-state index contributed by atoms with van der Waals surface area (Å²) < 4.78 is 51.1. The van der Waals surface area contributed by atoms with Crippen LogP contribution in [0, 0.1) is 0 Å². The smallest absolute Gasteiger partial charge is 0.399 e. The van der Waals surface area contributed by atoms with E-state index in [4.69, 9.17) is 28.3 Å². The SMILES string of the molecule is C=C=C=C=C=C=C=C=C=C=C=C(CC(=O)CCCCCNC(=O)CCSC1C=CN(C2CCC(COP(=O)(O)O)O2)C(=O)C1)OP(=O)(O)OCC1OC(n2cc(Br)c(=O)[nH]c2=O)CC1O. The second-order valence-electron chi connectivity index (χ2n) is 14.1. The number of unbranched alkanes of at least 4 members (excludes halogenated alkanes) is 2. The summed E-state index contributed by atoms with van der Waals surface area (Å²) in [6.07, 6.45) is 2.54. The van der Waals surface area contributed by atoms with Crippen molar-refractivity contribution in [3.63, 3.8) is 0 Å². The van der Waals surface area contributed by atoms with E-state index in [1.54, 1.807) is 6.20 Å². The predicted octanol–water partition coefficient (Wildman–Crippen LogP) is 3.63. The molecule has 4 heterocycles. The van der Waals surface area contributed by atoms with E-state index in [2.05, 4.69) is 94.6 Å². The molecule has 0 radical (unpaired) electrons. The number of nitrogens with one attached hydrogen (secondary N) is 2. The van der Waals surface area contributed by atoms with Crippen molar-refractivity contribution in [2.24, 2.45) is 0 Å². The van der Waals surface area contributed by atoms with Gasteiger partial charge in [0.05, 0.1) is 36.3 Å². The lowest BCUT2D eigenvalue weighted by Gasteiger charge is -2.30. The van der Waals surface area contributed by atoms with Crippen molar-refractivity contribution in [1.29, 1.82) is 0 Å². The number of ether oxygens (including phenoxy) is 2. The molecular weight excluding hydrogens is 978 g/mol. The van der Waals surface area contributed by atoms with Gasteiger partial charge in [-0.3, -0.25) is 47.6 Å². The Morgan fingerprint density at radius 1 is 0.954 bits per heavy atom. The minimum Gasteiger partial charge on any atom is -0.399 e. The third-order valence-electron chi connectivity index (χ3n) is 9.22. The molecule has 65 heavy (non-hydrogen) atoms. The molecule has 1 aromatic heterocycles. The van der Waals surface area contributed by atoms with Crippen LogP contribution < -0.4 is 16.6 Å². The van der Waals surface area contributed by atoms with Gasteiger partial charge in [-0.25, -0.2) is 13.9 Å². The summed E-state index contributed by atoms with van der Waals surface area (Å²) in [6.45, 7) is 2.74. The number of allylic oxidation sites excluding steroid dienone is 1. The van der Waals surface area contributed by atoms with Gasteiger partial charge in [0.25, 0.3) is 5.56 Å². The minimum atomic E-state index is -4.97. The number of hydrogen-bond acceptors (Lipinski definition) is 14. The number of carbonyl (C=O) groups is 3. The molecule has 0 aromatic carbocycles. The number of Topliss-reactive ketones (excluding diaryl/α,β-unsaturated/α-hetero) is 1. The minimum absolute atomic E-state index is 0.0366. The number of aromatic nitrogens is 2. The number of phosphoric ester groups is 2. The van der Waals surface area contributed by atoms with Gasteiger partial charge in [0.1, 0.15) is 24.3 Å². The predicted molar refractivity (Wildman–Crippen MR) is 233 cm³/mol. The van der Waals surface area contributed by atoms with Gasteiger partial charge in [0.15, 0.2) is 5.76 Å². The number of carbonyl (C=O) groups excluding carboxylic acids is 3. The van der Waals surface area contributed by atoms with Crippen LogP contribution in [0.1, 0.15) is 70.4 Å². The fraction of sp³-hybridized carbons (Fsp3) is 0.488. The number of rotatable bonds is 22. The van der Waals surface area contributed by atoms with Crippen molar-refractivity contribution in [3.8, 4) is 0 Å². The van der Waals surface area contributed by atoms with Crippen LogP contribution >= 0.6 is 43.3 Å². The Kier molecular flexibility index (Phi) is 21.6. The standard InChI is InChI=1S/C41H45BrN4O16P2S/c1-2-3-4-5-6-7-8-9-12-15-30(62-64(56,57)59-28-35-34(48)25-39(61-35)46-26-33(42)40(51)44-41(46)52)23-29(47)14-11-10-13-20-43-36(49)19-22-65-32-18-21-45(37(50)24-32)38-17-16-31(60-38)27-58-63(53,54)55/h18,21,26,31-32,34-35,38-39,48H,1,10-11,13-14,16-17,19-20,22-25,27-28H2,(H,43,49)(H,56,57)(H,44,51,52)(H2,53,54,55). The van der Waals surface area contributed by atoms with E-state index in [1.165, 1.54) is 22.9 Å². The van der Waals surface area contributed by atoms with Crippen molar-refractivity contribution >= 4 is 60.9 Å². The number of ketones is 1. The highest BCUT2D eigenvalue weighted by Crippen LogP contribution is 2.47. The topological polar surface area (TPSA) is 283 Å². The van der Waals surface area contributed by atoms with E-state index < -0.39 is 76.4 Å². The van der Waals surface area contributed by atoms with Crippen molar-refractivity contribution in [3.05, 3.63) is 113 Å². The molecule has 0 bridgehead atoms. The Balaban J connectivity index is 1.20. The number of thioether (sulfide) groups is 1. The summed E-state index contributed by atoms with van der Waals surface area (Å²) in [4.78, 5) is 94.0. The van der Waals surface area contributed by atoms with Crippen LogP contribution in [0.3, 0.4) is 0 Å². The molecule has 6 N–H and O–H groups in total. The zero-order valence-corrected chi connectivity index (χ0v) is 38.8. The number of hydrogen-bond donors (Lipinski definition) is 6. The van der Waals surface area contributed by atoms with Crippen molar-refractivity contribution in [2.45, 2.75) is 100 Å². The molecule has 0 aliphatic carbocycles. The lowest BCUT2D eigenvalue weighted by molar-refractivity contribution is -0.141. The Bertz CT molecular complexity index is 2580. The van der Waals surface area contributed by atoms with E-state index in [9.17, 15) is 43.1 Å².